The quantitative estimate of drug-likeness (QED) is 0.0457. The molecule has 0 N–H and O–H groups in total. The smallest absolute Gasteiger partial charge is 0.550 e. The summed E-state index contributed by atoms with van der Waals surface area (Å²) in [6, 6.07) is 0. The average molecular weight is 879 g/mol. The first kappa shape index (κ1) is 54.9. The van der Waals surface area contributed by atoms with Gasteiger partial charge in [-0.1, -0.05) is 213 Å². The third kappa shape index (κ3) is 66.0. The number of hydrogen-bond acceptors (Lipinski definition) is 6. The average Bonchev–Trinajstić information content (AvgIpc) is 3.05. The molecular formula is C42H81AuO6. The van der Waals surface area contributed by atoms with Crippen molar-refractivity contribution in [1.29, 1.82) is 0 Å². The summed E-state index contributed by atoms with van der Waals surface area (Å²) in [5.41, 5.74) is 0. The summed E-state index contributed by atoms with van der Waals surface area (Å²) in [5, 5.41) is 30.4. The molecule has 0 atom stereocenters. The predicted octanol–water partition coefficient (Wildman–Crippen LogP) is 10.3. The van der Waals surface area contributed by atoms with Gasteiger partial charge < -0.3 is 29.7 Å². The molecule has 0 radical (unpaired) electrons. The van der Waals surface area contributed by atoms with Crippen LogP contribution in [-0.2, 0) is 36.8 Å². The van der Waals surface area contributed by atoms with E-state index in [-0.39, 0.29) is 41.6 Å². The van der Waals surface area contributed by atoms with Gasteiger partial charge in [-0.2, -0.15) is 0 Å². The first-order valence-electron chi connectivity index (χ1n) is 20.9. The van der Waals surface area contributed by atoms with Gasteiger partial charge in [-0.3, -0.25) is 0 Å². The molecule has 7 heteroatoms. The summed E-state index contributed by atoms with van der Waals surface area (Å²) in [6.07, 6.45) is 42.1. The second-order valence-corrected chi connectivity index (χ2v) is 14.0. The van der Waals surface area contributed by atoms with E-state index in [1.165, 1.54) is 173 Å². The molecular weight excluding hydrogens is 797 g/mol. The summed E-state index contributed by atoms with van der Waals surface area (Å²) in [4.78, 5) is 30.4. The molecule has 0 aromatic heterocycles. The van der Waals surface area contributed by atoms with Gasteiger partial charge in [0.25, 0.3) is 0 Å². The first-order valence-corrected chi connectivity index (χ1v) is 20.9. The van der Waals surface area contributed by atoms with Gasteiger partial charge in [0, 0.05) is 17.9 Å². The van der Waals surface area contributed by atoms with Crippen molar-refractivity contribution in [2.24, 2.45) is 0 Å². The van der Waals surface area contributed by atoms with Crippen LogP contribution in [0.25, 0.3) is 0 Å². The monoisotopic (exact) mass is 879 g/mol. The molecule has 6 nitrogen and oxygen atoms in total. The van der Waals surface area contributed by atoms with Crippen molar-refractivity contribution in [1.82, 2.24) is 0 Å². The molecule has 0 bridgehead atoms. The second kappa shape index (κ2) is 51.5. The standard InChI is InChI=1S/3C14H28O2.Au/c3*1-2-3-4-5-6-7-8-9-10-11-12-13-14(15)16;/h3*2-13H2,1H3,(H,15,16);/q;;;+3/p-3. The molecule has 0 rings (SSSR count). The topological polar surface area (TPSA) is 120 Å². The van der Waals surface area contributed by atoms with E-state index in [9.17, 15) is 29.7 Å². The van der Waals surface area contributed by atoms with Crippen LogP contribution in [0.15, 0.2) is 0 Å². The van der Waals surface area contributed by atoms with Crippen molar-refractivity contribution < 1.29 is 52.1 Å². The van der Waals surface area contributed by atoms with E-state index in [0.717, 1.165) is 38.5 Å². The molecule has 0 amide bonds. The Morgan fingerprint density at radius 3 is 0.510 bits per heavy atom. The third-order valence-corrected chi connectivity index (χ3v) is 8.95. The number of unbranched alkanes of at least 4 members (excludes halogenated alkanes) is 30. The number of carboxylic acids is 3. The molecule has 0 saturated heterocycles. The van der Waals surface area contributed by atoms with Crippen molar-refractivity contribution in [2.45, 2.75) is 252 Å². The van der Waals surface area contributed by atoms with E-state index in [1.54, 1.807) is 0 Å². The largest absolute Gasteiger partial charge is 3.00 e. The fraction of sp³-hybridized carbons (Fsp3) is 0.929. The van der Waals surface area contributed by atoms with E-state index < -0.39 is 17.9 Å². The van der Waals surface area contributed by atoms with E-state index in [1.807, 2.05) is 0 Å². The summed E-state index contributed by atoms with van der Waals surface area (Å²) in [7, 11) is 0. The number of rotatable bonds is 36. The molecule has 0 aromatic rings. The zero-order valence-electron chi connectivity index (χ0n) is 32.7. The fourth-order valence-corrected chi connectivity index (χ4v) is 5.80. The number of carboxylic acid groups (broad SMARTS) is 3. The van der Waals surface area contributed by atoms with Crippen LogP contribution in [0.2, 0.25) is 0 Å². The summed E-state index contributed by atoms with van der Waals surface area (Å²) in [6.45, 7) is 6.73. The van der Waals surface area contributed by atoms with Gasteiger partial charge in [-0.05, 0) is 38.5 Å². The Balaban J connectivity index is -0.000000307. The van der Waals surface area contributed by atoms with Gasteiger partial charge in [0.05, 0.1) is 0 Å². The van der Waals surface area contributed by atoms with Gasteiger partial charge >= 0.3 is 22.4 Å². The Morgan fingerprint density at radius 1 is 0.265 bits per heavy atom. The van der Waals surface area contributed by atoms with Crippen LogP contribution in [0.1, 0.15) is 252 Å². The summed E-state index contributed by atoms with van der Waals surface area (Å²) >= 11 is 0. The summed E-state index contributed by atoms with van der Waals surface area (Å²) < 4.78 is 0. The van der Waals surface area contributed by atoms with Crippen LogP contribution in [0, 0.1) is 0 Å². The van der Waals surface area contributed by atoms with Crippen molar-refractivity contribution in [3.63, 3.8) is 0 Å². The maximum atomic E-state index is 10.1. The minimum Gasteiger partial charge on any atom is -0.550 e. The molecule has 0 heterocycles. The van der Waals surface area contributed by atoms with Crippen molar-refractivity contribution in [2.75, 3.05) is 0 Å². The van der Waals surface area contributed by atoms with Gasteiger partial charge in [0.2, 0.25) is 0 Å². The molecule has 0 aliphatic heterocycles. The Kier molecular flexibility index (Phi) is 57.7. The molecule has 0 aliphatic rings. The van der Waals surface area contributed by atoms with E-state index in [0.29, 0.717) is 0 Å². The molecule has 0 unspecified atom stereocenters. The normalized spacial score (nSPS) is 10.3. The van der Waals surface area contributed by atoms with Gasteiger partial charge in [-0.15, -0.1) is 0 Å². The Bertz CT molecular complexity index is 557. The maximum absolute atomic E-state index is 10.1. The SMILES string of the molecule is CCCCCCCCCCCCCC(=O)[O-].CCCCCCCCCCCCCC(=O)[O-].CCCCCCCCCCCCCC(=O)[O-].[Au+3]. The molecule has 0 aromatic carbocycles. The zero-order chi connectivity index (χ0) is 36.2. The molecule has 0 fully saturated rings. The van der Waals surface area contributed by atoms with Crippen LogP contribution < -0.4 is 15.3 Å². The van der Waals surface area contributed by atoms with Crippen LogP contribution in [-0.4, -0.2) is 17.9 Å². The van der Waals surface area contributed by atoms with E-state index >= 15 is 0 Å². The zero-order valence-corrected chi connectivity index (χ0v) is 34.9. The fourth-order valence-electron chi connectivity index (χ4n) is 5.80. The Morgan fingerprint density at radius 2 is 0.388 bits per heavy atom. The second-order valence-electron chi connectivity index (χ2n) is 14.0. The van der Waals surface area contributed by atoms with E-state index in [4.69, 9.17) is 0 Å². The van der Waals surface area contributed by atoms with Crippen LogP contribution in [0.3, 0.4) is 0 Å². The van der Waals surface area contributed by atoms with Crippen LogP contribution >= 0.6 is 0 Å². The Hall–Kier alpha value is -0.850. The number of carbonyl (C=O) groups is 3. The van der Waals surface area contributed by atoms with Crippen LogP contribution in [0.4, 0.5) is 0 Å². The minimum atomic E-state index is -0.907. The van der Waals surface area contributed by atoms with Crippen LogP contribution in [0.5, 0.6) is 0 Å². The summed E-state index contributed by atoms with van der Waals surface area (Å²) in [5.74, 6) is -2.72. The van der Waals surface area contributed by atoms with Gasteiger partial charge in [0.1, 0.15) is 0 Å². The number of aliphatic carboxylic acids is 3. The van der Waals surface area contributed by atoms with Crippen molar-refractivity contribution in [3.8, 4) is 0 Å². The predicted molar refractivity (Wildman–Crippen MR) is 198 cm³/mol. The molecule has 0 saturated carbocycles. The van der Waals surface area contributed by atoms with E-state index in [2.05, 4.69) is 20.8 Å². The number of carbonyl (C=O) groups excluding carboxylic acids is 3. The van der Waals surface area contributed by atoms with Gasteiger partial charge in [0.15, 0.2) is 0 Å². The molecule has 296 valence electrons. The molecule has 0 aliphatic carbocycles. The van der Waals surface area contributed by atoms with Gasteiger partial charge in [-0.25, -0.2) is 0 Å². The van der Waals surface area contributed by atoms with Crippen molar-refractivity contribution >= 4 is 17.9 Å². The first-order chi connectivity index (χ1) is 23.3. The third-order valence-electron chi connectivity index (χ3n) is 8.95. The Labute approximate surface area is 320 Å². The molecule has 0 spiro atoms. The molecule has 49 heavy (non-hydrogen) atoms. The number of hydrogen-bond donors (Lipinski definition) is 0. The van der Waals surface area contributed by atoms with Crippen molar-refractivity contribution in [3.05, 3.63) is 0 Å². The maximum Gasteiger partial charge on any atom is 3.00 e. The minimum absolute atomic E-state index is 0.